The average Bonchev–Trinajstić information content (AvgIpc) is 2.26. The molecule has 1 aliphatic rings. The van der Waals surface area contributed by atoms with Gasteiger partial charge in [-0.3, -0.25) is 4.90 Å². The van der Waals surface area contributed by atoms with Gasteiger partial charge in [0.25, 0.3) is 0 Å². The van der Waals surface area contributed by atoms with E-state index in [-0.39, 0.29) is 6.10 Å². The minimum absolute atomic E-state index is 0.162. The van der Waals surface area contributed by atoms with Gasteiger partial charge in [0, 0.05) is 6.07 Å². The maximum Gasteiger partial charge on any atom is 0.415 e. The van der Waals surface area contributed by atoms with E-state index < -0.39 is 17.5 Å². The van der Waals surface area contributed by atoms with Crippen LogP contribution in [0.25, 0.3) is 0 Å². The molecule has 1 aromatic rings. The van der Waals surface area contributed by atoms with Crippen molar-refractivity contribution in [1.29, 1.82) is 0 Å². The first-order valence-corrected chi connectivity index (χ1v) is 6.23. The lowest BCUT2D eigenvalue weighted by atomic mass is 10.2. The minimum Gasteiger partial charge on any atom is -0.487 e. The summed E-state index contributed by atoms with van der Waals surface area (Å²) in [5, 5.41) is 0. The predicted molar refractivity (Wildman–Crippen MR) is 70.1 cm³/mol. The molecule has 2 rings (SSSR count). The van der Waals surface area contributed by atoms with Crippen LogP contribution in [0.5, 0.6) is 5.75 Å². The highest BCUT2D eigenvalue weighted by Gasteiger charge is 2.31. The van der Waals surface area contributed by atoms with Crippen LogP contribution in [0.2, 0.25) is 0 Å². The molecule has 1 aromatic carbocycles. The van der Waals surface area contributed by atoms with Crippen molar-refractivity contribution in [2.45, 2.75) is 39.4 Å². The fourth-order valence-electron chi connectivity index (χ4n) is 1.90. The van der Waals surface area contributed by atoms with E-state index in [1.807, 2.05) is 6.92 Å². The molecule has 0 saturated carbocycles. The van der Waals surface area contributed by atoms with Crippen LogP contribution in [0, 0.1) is 5.82 Å². The quantitative estimate of drug-likeness (QED) is 0.723. The Morgan fingerprint density at radius 3 is 2.79 bits per heavy atom. The summed E-state index contributed by atoms with van der Waals surface area (Å²) in [4.78, 5) is 13.6. The van der Waals surface area contributed by atoms with Crippen molar-refractivity contribution in [3.8, 4) is 5.75 Å². The van der Waals surface area contributed by atoms with Crippen LogP contribution in [0.15, 0.2) is 18.2 Å². The van der Waals surface area contributed by atoms with E-state index in [0.717, 1.165) is 0 Å². The highest BCUT2D eigenvalue weighted by molar-refractivity contribution is 5.90. The third-order valence-electron chi connectivity index (χ3n) is 2.59. The molecule has 0 fully saturated rings. The van der Waals surface area contributed by atoms with Crippen LogP contribution >= 0.6 is 0 Å². The van der Waals surface area contributed by atoms with E-state index in [1.54, 1.807) is 20.8 Å². The van der Waals surface area contributed by atoms with Crippen molar-refractivity contribution in [3.63, 3.8) is 0 Å². The van der Waals surface area contributed by atoms with Crippen LogP contribution in [0.3, 0.4) is 0 Å². The molecule has 0 saturated heterocycles. The summed E-state index contributed by atoms with van der Waals surface area (Å²) < 4.78 is 24.2. The van der Waals surface area contributed by atoms with Crippen molar-refractivity contribution in [3.05, 3.63) is 24.0 Å². The first-order chi connectivity index (χ1) is 8.76. The van der Waals surface area contributed by atoms with Crippen molar-refractivity contribution in [1.82, 2.24) is 0 Å². The summed E-state index contributed by atoms with van der Waals surface area (Å²) in [6, 6.07) is 4.12. The summed E-state index contributed by atoms with van der Waals surface area (Å²) in [6.45, 7) is 7.57. The van der Waals surface area contributed by atoms with E-state index in [4.69, 9.17) is 9.47 Å². The summed E-state index contributed by atoms with van der Waals surface area (Å²) in [5.74, 6) is 0.0801. The zero-order valence-electron chi connectivity index (χ0n) is 11.6. The second-order valence-electron chi connectivity index (χ2n) is 5.63. The van der Waals surface area contributed by atoms with E-state index in [1.165, 1.54) is 23.1 Å². The molecule has 0 aliphatic carbocycles. The number of hydrogen-bond donors (Lipinski definition) is 0. The van der Waals surface area contributed by atoms with Crippen molar-refractivity contribution >= 4 is 11.8 Å². The van der Waals surface area contributed by atoms with Crippen LogP contribution in [0.1, 0.15) is 27.7 Å². The fraction of sp³-hybridized carbons (Fsp3) is 0.500. The number of fused-ring (bicyclic) bond motifs is 1. The molecule has 1 aliphatic heterocycles. The molecule has 0 N–H and O–H groups in total. The van der Waals surface area contributed by atoms with E-state index in [9.17, 15) is 9.18 Å². The zero-order valence-corrected chi connectivity index (χ0v) is 11.6. The highest BCUT2D eigenvalue weighted by atomic mass is 19.1. The second kappa shape index (κ2) is 4.72. The molecule has 0 radical (unpaired) electrons. The largest absolute Gasteiger partial charge is 0.487 e. The van der Waals surface area contributed by atoms with Gasteiger partial charge in [-0.1, -0.05) is 0 Å². The summed E-state index contributed by atoms with van der Waals surface area (Å²) in [6.07, 6.45) is -0.653. The summed E-state index contributed by atoms with van der Waals surface area (Å²) >= 11 is 0. The number of carbonyl (C=O) groups excluding carboxylic acids is 1. The van der Waals surface area contributed by atoms with E-state index >= 15 is 0 Å². The Bertz CT molecular complexity index is 496. The van der Waals surface area contributed by atoms with Gasteiger partial charge in [0.05, 0.1) is 12.2 Å². The summed E-state index contributed by atoms with van der Waals surface area (Å²) in [5.41, 5.74) is -0.182. The van der Waals surface area contributed by atoms with Gasteiger partial charge in [-0.15, -0.1) is 0 Å². The highest BCUT2D eigenvalue weighted by Crippen LogP contribution is 2.34. The monoisotopic (exact) mass is 267 g/mol. The lowest BCUT2D eigenvalue weighted by Gasteiger charge is -2.34. The number of anilines is 1. The Morgan fingerprint density at radius 1 is 1.47 bits per heavy atom. The molecule has 0 aromatic heterocycles. The Morgan fingerprint density at radius 2 is 2.16 bits per heavy atom. The Labute approximate surface area is 112 Å². The fourth-order valence-corrected chi connectivity index (χ4v) is 1.90. The van der Waals surface area contributed by atoms with Gasteiger partial charge in [0.1, 0.15) is 23.3 Å². The lowest BCUT2D eigenvalue weighted by Crippen LogP contribution is -2.44. The smallest absolute Gasteiger partial charge is 0.415 e. The average molecular weight is 267 g/mol. The van der Waals surface area contributed by atoms with Crippen LogP contribution < -0.4 is 9.64 Å². The SMILES string of the molecule is CC1CN(C(=O)OC(C)(C)C)c2cc(F)ccc2O1. The molecular formula is C14H18FNO3. The third-order valence-corrected chi connectivity index (χ3v) is 2.59. The van der Waals surface area contributed by atoms with E-state index in [0.29, 0.717) is 18.0 Å². The third kappa shape index (κ3) is 3.16. The molecule has 5 heteroatoms. The number of benzene rings is 1. The van der Waals surface area contributed by atoms with Crippen molar-refractivity contribution in [2.75, 3.05) is 11.4 Å². The van der Waals surface area contributed by atoms with Gasteiger partial charge in [0.2, 0.25) is 0 Å². The van der Waals surface area contributed by atoms with Gasteiger partial charge in [-0.05, 0) is 39.8 Å². The first kappa shape index (κ1) is 13.6. The molecule has 1 heterocycles. The van der Waals surface area contributed by atoms with Gasteiger partial charge < -0.3 is 9.47 Å². The minimum atomic E-state index is -0.591. The first-order valence-electron chi connectivity index (χ1n) is 6.23. The molecule has 0 bridgehead atoms. The molecular weight excluding hydrogens is 249 g/mol. The molecule has 1 atom stereocenters. The number of nitrogens with zero attached hydrogens (tertiary/aromatic N) is 1. The normalized spacial score (nSPS) is 18.6. The van der Waals surface area contributed by atoms with Crippen molar-refractivity contribution < 1.29 is 18.7 Å². The Hall–Kier alpha value is -1.78. The van der Waals surface area contributed by atoms with Crippen LogP contribution in [0.4, 0.5) is 14.9 Å². The number of hydrogen-bond acceptors (Lipinski definition) is 3. The molecule has 1 unspecified atom stereocenters. The topological polar surface area (TPSA) is 38.8 Å². The van der Waals surface area contributed by atoms with Crippen LogP contribution in [-0.2, 0) is 4.74 Å². The summed E-state index contributed by atoms with van der Waals surface area (Å²) in [7, 11) is 0. The predicted octanol–water partition coefficient (Wildman–Crippen LogP) is 3.35. The number of carbonyl (C=O) groups is 1. The van der Waals surface area contributed by atoms with Gasteiger partial charge in [0.15, 0.2) is 0 Å². The molecule has 1 amide bonds. The van der Waals surface area contributed by atoms with Gasteiger partial charge >= 0.3 is 6.09 Å². The number of rotatable bonds is 0. The maximum atomic E-state index is 13.3. The molecule has 4 nitrogen and oxygen atoms in total. The Kier molecular flexibility index (Phi) is 3.39. The van der Waals surface area contributed by atoms with E-state index in [2.05, 4.69) is 0 Å². The number of halogens is 1. The van der Waals surface area contributed by atoms with Crippen LogP contribution in [-0.4, -0.2) is 24.3 Å². The second-order valence-corrected chi connectivity index (χ2v) is 5.63. The molecule has 0 spiro atoms. The Balaban J connectivity index is 2.32. The molecule has 104 valence electrons. The zero-order chi connectivity index (χ0) is 14.2. The number of ether oxygens (including phenoxy) is 2. The maximum absolute atomic E-state index is 13.3. The van der Waals surface area contributed by atoms with Gasteiger partial charge in [-0.25, -0.2) is 9.18 Å². The van der Waals surface area contributed by atoms with Crippen molar-refractivity contribution in [2.24, 2.45) is 0 Å². The standard InChI is InChI=1S/C14H18FNO3/c1-9-8-16(13(17)19-14(2,3)4)11-7-10(15)5-6-12(11)18-9/h5-7,9H,8H2,1-4H3. The lowest BCUT2D eigenvalue weighted by molar-refractivity contribution is 0.0552. The van der Waals surface area contributed by atoms with Gasteiger partial charge in [-0.2, -0.15) is 0 Å². The molecule has 19 heavy (non-hydrogen) atoms. The number of amides is 1.